The number of likely N-dealkylation sites (N-methyl/N-ethyl adjacent to an activating group) is 1. The predicted molar refractivity (Wildman–Crippen MR) is 103 cm³/mol. The van der Waals surface area contributed by atoms with E-state index in [0.29, 0.717) is 25.4 Å². The fourth-order valence-corrected chi connectivity index (χ4v) is 3.72. The number of carbonyl (C=O) groups excluding carboxylic acids is 2. The van der Waals surface area contributed by atoms with Crippen LogP contribution in [0, 0.1) is 11.7 Å². The third kappa shape index (κ3) is 5.32. The van der Waals surface area contributed by atoms with E-state index >= 15 is 0 Å². The van der Waals surface area contributed by atoms with Gasteiger partial charge in [-0.05, 0) is 44.0 Å². The third-order valence-electron chi connectivity index (χ3n) is 5.39. The summed E-state index contributed by atoms with van der Waals surface area (Å²) in [5.74, 6) is -0.0359. The van der Waals surface area contributed by atoms with Crippen LogP contribution >= 0.6 is 11.6 Å². The van der Waals surface area contributed by atoms with Gasteiger partial charge in [0.2, 0.25) is 5.91 Å². The SMILES string of the molecule is CN1CCN(C(=O)CC2CCN(C(=O)Nc3ccc(Cl)cc3F)CC2)CC1. The van der Waals surface area contributed by atoms with Crippen LogP contribution in [0.1, 0.15) is 19.3 Å². The van der Waals surface area contributed by atoms with Crippen molar-refractivity contribution in [3.8, 4) is 0 Å². The first-order valence-electron chi connectivity index (χ1n) is 9.39. The number of nitrogens with one attached hydrogen (secondary N) is 1. The molecule has 0 atom stereocenters. The molecule has 0 aliphatic carbocycles. The van der Waals surface area contributed by atoms with E-state index in [1.54, 1.807) is 4.90 Å². The quantitative estimate of drug-likeness (QED) is 0.854. The average Bonchev–Trinajstić information content (AvgIpc) is 2.65. The topological polar surface area (TPSA) is 55.9 Å². The van der Waals surface area contributed by atoms with Crippen molar-refractivity contribution in [1.29, 1.82) is 0 Å². The van der Waals surface area contributed by atoms with E-state index in [1.165, 1.54) is 18.2 Å². The maximum Gasteiger partial charge on any atom is 0.321 e. The zero-order valence-electron chi connectivity index (χ0n) is 15.6. The Balaban J connectivity index is 1.44. The molecule has 2 saturated heterocycles. The van der Waals surface area contributed by atoms with Crippen LogP contribution in [0.3, 0.4) is 0 Å². The maximum absolute atomic E-state index is 13.8. The number of rotatable bonds is 3. The van der Waals surface area contributed by atoms with Gasteiger partial charge in [0.1, 0.15) is 5.82 Å². The maximum atomic E-state index is 13.8. The molecule has 2 fully saturated rings. The number of piperazine rings is 1. The fourth-order valence-electron chi connectivity index (χ4n) is 3.56. The molecule has 1 aromatic carbocycles. The third-order valence-corrected chi connectivity index (χ3v) is 5.63. The van der Waals surface area contributed by atoms with Gasteiger partial charge in [-0.15, -0.1) is 0 Å². The Morgan fingerprint density at radius 2 is 1.78 bits per heavy atom. The van der Waals surface area contributed by atoms with Gasteiger partial charge in [0, 0.05) is 50.7 Å². The van der Waals surface area contributed by atoms with E-state index in [1.807, 2.05) is 4.90 Å². The first-order chi connectivity index (χ1) is 12.9. The highest BCUT2D eigenvalue weighted by Gasteiger charge is 2.27. The fraction of sp³-hybridized carbons (Fsp3) is 0.579. The smallest absolute Gasteiger partial charge is 0.321 e. The van der Waals surface area contributed by atoms with Crippen molar-refractivity contribution >= 4 is 29.2 Å². The van der Waals surface area contributed by atoms with E-state index in [0.717, 1.165) is 39.0 Å². The van der Waals surface area contributed by atoms with Crippen LogP contribution < -0.4 is 5.32 Å². The van der Waals surface area contributed by atoms with Crippen molar-refractivity contribution in [3.05, 3.63) is 29.0 Å². The molecule has 2 heterocycles. The van der Waals surface area contributed by atoms with Gasteiger partial charge in [-0.3, -0.25) is 4.79 Å². The van der Waals surface area contributed by atoms with E-state index in [-0.39, 0.29) is 22.6 Å². The van der Waals surface area contributed by atoms with Crippen molar-refractivity contribution in [2.75, 3.05) is 51.6 Å². The number of urea groups is 1. The van der Waals surface area contributed by atoms with Crippen molar-refractivity contribution in [3.63, 3.8) is 0 Å². The molecule has 0 aromatic heterocycles. The minimum Gasteiger partial charge on any atom is -0.340 e. The highest BCUT2D eigenvalue weighted by Crippen LogP contribution is 2.24. The van der Waals surface area contributed by atoms with E-state index in [9.17, 15) is 14.0 Å². The second-order valence-corrected chi connectivity index (χ2v) is 7.81. The van der Waals surface area contributed by atoms with Crippen molar-refractivity contribution < 1.29 is 14.0 Å². The van der Waals surface area contributed by atoms with Crippen molar-refractivity contribution in [2.45, 2.75) is 19.3 Å². The van der Waals surface area contributed by atoms with Gasteiger partial charge in [0.25, 0.3) is 0 Å². The second-order valence-electron chi connectivity index (χ2n) is 7.37. The molecule has 2 aliphatic heterocycles. The van der Waals surface area contributed by atoms with Gasteiger partial charge in [-0.1, -0.05) is 11.6 Å². The first-order valence-corrected chi connectivity index (χ1v) is 9.77. The molecule has 0 saturated carbocycles. The summed E-state index contributed by atoms with van der Waals surface area (Å²) in [7, 11) is 2.07. The largest absolute Gasteiger partial charge is 0.340 e. The van der Waals surface area contributed by atoms with Gasteiger partial charge in [-0.25, -0.2) is 9.18 Å². The van der Waals surface area contributed by atoms with Crippen molar-refractivity contribution in [2.24, 2.45) is 5.92 Å². The summed E-state index contributed by atoms with van der Waals surface area (Å²) in [5.41, 5.74) is 0.122. The Morgan fingerprint density at radius 3 is 2.41 bits per heavy atom. The summed E-state index contributed by atoms with van der Waals surface area (Å²) >= 11 is 5.73. The predicted octanol–water partition coefficient (Wildman–Crippen LogP) is 2.89. The number of benzene rings is 1. The highest BCUT2D eigenvalue weighted by molar-refractivity contribution is 6.30. The molecule has 2 aliphatic rings. The molecule has 8 heteroatoms. The molecule has 6 nitrogen and oxygen atoms in total. The number of amides is 3. The molecule has 27 heavy (non-hydrogen) atoms. The van der Waals surface area contributed by atoms with Crippen molar-refractivity contribution in [1.82, 2.24) is 14.7 Å². The molecule has 148 valence electrons. The number of piperidine rings is 1. The number of halogens is 2. The lowest BCUT2D eigenvalue weighted by molar-refractivity contribution is -0.134. The summed E-state index contributed by atoms with van der Waals surface area (Å²) in [6.45, 7) is 4.58. The number of hydrogen-bond donors (Lipinski definition) is 1. The van der Waals surface area contributed by atoms with Gasteiger partial charge in [-0.2, -0.15) is 0 Å². The Bertz CT molecular complexity index is 686. The van der Waals surface area contributed by atoms with E-state index in [4.69, 9.17) is 11.6 Å². The molecule has 3 rings (SSSR count). The molecule has 1 N–H and O–H groups in total. The standard InChI is InChI=1S/C19H26ClFN4O2/c1-23-8-10-24(11-9-23)18(26)12-14-4-6-25(7-5-14)19(27)22-17-3-2-15(20)13-16(17)21/h2-3,13-14H,4-12H2,1H3,(H,22,27). The molecule has 3 amide bonds. The monoisotopic (exact) mass is 396 g/mol. The number of likely N-dealkylation sites (tertiary alicyclic amines) is 1. The summed E-state index contributed by atoms with van der Waals surface area (Å²) in [6, 6.07) is 3.85. The molecular formula is C19H26ClFN4O2. The average molecular weight is 397 g/mol. The number of carbonyl (C=O) groups is 2. The Labute approximate surface area is 164 Å². The Morgan fingerprint density at radius 1 is 1.11 bits per heavy atom. The van der Waals surface area contributed by atoms with Gasteiger partial charge in [0.05, 0.1) is 5.69 Å². The Hall–Kier alpha value is -1.86. The summed E-state index contributed by atoms with van der Waals surface area (Å²) < 4.78 is 13.8. The van der Waals surface area contributed by atoms with Crippen LogP contribution in [-0.2, 0) is 4.79 Å². The summed E-state index contributed by atoms with van der Waals surface area (Å²) in [4.78, 5) is 30.6. The highest BCUT2D eigenvalue weighted by atomic mass is 35.5. The van der Waals surface area contributed by atoms with E-state index in [2.05, 4.69) is 17.3 Å². The molecule has 1 aromatic rings. The van der Waals surface area contributed by atoms with Gasteiger partial charge >= 0.3 is 6.03 Å². The van der Waals surface area contributed by atoms with Crippen LogP contribution in [0.5, 0.6) is 0 Å². The number of nitrogens with zero attached hydrogens (tertiary/aromatic N) is 3. The minimum atomic E-state index is -0.552. The van der Waals surface area contributed by atoms with Crippen LogP contribution in [0.15, 0.2) is 18.2 Å². The van der Waals surface area contributed by atoms with Crippen LogP contribution in [-0.4, -0.2) is 73.0 Å². The molecular weight excluding hydrogens is 371 g/mol. The zero-order chi connectivity index (χ0) is 19.4. The number of hydrogen-bond acceptors (Lipinski definition) is 3. The first kappa shape index (κ1) is 19.9. The lowest BCUT2D eigenvalue weighted by atomic mass is 9.93. The molecule has 0 bridgehead atoms. The minimum absolute atomic E-state index is 0.122. The Kier molecular flexibility index (Phi) is 6.55. The lowest BCUT2D eigenvalue weighted by Gasteiger charge is -2.35. The molecule has 0 radical (unpaired) electrons. The number of anilines is 1. The lowest BCUT2D eigenvalue weighted by Crippen LogP contribution is -2.48. The van der Waals surface area contributed by atoms with Gasteiger partial charge < -0.3 is 20.0 Å². The van der Waals surface area contributed by atoms with Crippen LogP contribution in [0.25, 0.3) is 0 Å². The van der Waals surface area contributed by atoms with E-state index < -0.39 is 5.82 Å². The van der Waals surface area contributed by atoms with Crippen LogP contribution in [0.2, 0.25) is 5.02 Å². The zero-order valence-corrected chi connectivity index (χ0v) is 16.3. The summed E-state index contributed by atoms with van der Waals surface area (Å²) in [6.07, 6.45) is 2.12. The molecule has 0 spiro atoms. The summed E-state index contributed by atoms with van der Waals surface area (Å²) in [5, 5.41) is 2.88. The molecule has 0 unspecified atom stereocenters. The second kappa shape index (κ2) is 8.89. The van der Waals surface area contributed by atoms with Crippen LogP contribution in [0.4, 0.5) is 14.9 Å². The van der Waals surface area contributed by atoms with Gasteiger partial charge in [0.15, 0.2) is 0 Å². The normalized spacial score (nSPS) is 19.2.